The van der Waals surface area contributed by atoms with Gasteiger partial charge in [0.2, 0.25) is 0 Å². The van der Waals surface area contributed by atoms with Gasteiger partial charge in [-0.15, -0.1) is 0 Å². The molecule has 0 saturated carbocycles. The summed E-state index contributed by atoms with van der Waals surface area (Å²) >= 11 is 0. The fourth-order valence-corrected chi connectivity index (χ4v) is 2.46. The van der Waals surface area contributed by atoms with E-state index in [1.54, 1.807) is 7.11 Å². The Labute approximate surface area is 111 Å². The maximum Gasteiger partial charge on any atom is 0.320 e. The summed E-state index contributed by atoms with van der Waals surface area (Å²) < 4.78 is 5.11. The molecule has 0 aromatic heterocycles. The molecule has 0 N–H and O–H groups in total. The number of carbonyl (C=O) groups excluding carboxylic acids is 1. The molecule has 1 rings (SSSR count). The maximum absolute atomic E-state index is 12.5. The molecule has 0 aliphatic carbocycles. The van der Waals surface area contributed by atoms with Crippen LogP contribution < -0.4 is 0 Å². The Bertz CT molecular complexity index is 258. The van der Waals surface area contributed by atoms with Crippen molar-refractivity contribution < 1.29 is 9.53 Å². The van der Waals surface area contributed by atoms with Gasteiger partial charge in [0.1, 0.15) is 0 Å². The third kappa shape index (κ3) is 4.16. The fourth-order valence-electron chi connectivity index (χ4n) is 2.46. The summed E-state index contributed by atoms with van der Waals surface area (Å²) in [4.78, 5) is 16.5. The zero-order valence-electron chi connectivity index (χ0n) is 12.3. The Kier molecular flexibility index (Phi) is 6.47. The van der Waals surface area contributed by atoms with Crippen molar-refractivity contribution in [1.82, 2.24) is 9.80 Å². The van der Waals surface area contributed by atoms with Crippen LogP contribution in [-0.4, -0.2) is 55.2 Å². The summed E-state index contributed by atoms with van der Waals surface area (Å²) in [5.74, 6) is 0.629. The normalized spacial score (nSPS) is 21.8. The van der Waals surface area contributed by atoms with Crippen molar-refractivity contribution in [2.24, 2.45) is 5.92 Å². The highest BCUT2D eigenvalue weighted by molar-refractivity contribution is 5.75. The van der Waals surface area contributed by atoms with E-state index in [0.717, 1.165) is 25.9 Å². The van der Waals surface area contributed by atoms with Gasteiger partial charge < -0.3 is 14.5 Å². The van der Waals surface area contributed by atoms with Crippen LogP contribution in [0.2, 0.25) is 0 Å². The molecule has 4 nitrogen and oxygen atoms in total. The van der Waals surface area contributed by atoms with Crippen molar-refractivity contribution in [3.8, 4) is 0 Å². The van der Waals surface area contributed by atoms with E-state index in [1.807, 2.05) is 9.80 Å². The Balaban J connectivity index is 2.62. The van der Waals surface area contributed by atoms with Gasteiger partial charge in [0.25, 0.3) is 0 Å². The topological polar surface area (TPSA) is 32.8 Å². The number of hydrogen-bond acceptors (Lipinski definition) is 2. The highest BCUT2D eigenvalue weighted by Gasteiger charge is 2.27. The number of likely N-dealkylation sites (tertiary alicyclic amines) is 1. The molecule has 1 aliphatic heterocycles. The molecule has 0 aromatic carbocycles. The van der Waals surface area contributed by atoms with Crippen molar-refractivity contribution in [3.63, 3.8) is 0 Å². The van der Waals surface area contributed by atoms with Crippen LogP contribution in [0.3, 0.4) is 0 Å². The van der Waals surface area contributed by atoms with Crippen molar-refractivity contribution in [2.75, 3.05) is 33.4 Å². The first-order valence-electron chi connectivity index (χ1n) is 7.14. The number of urea groups is 1. The van der Waals surface area contributed by atoms with Crippen LogP contribution in [0.5, 0.6) is 0 Å². The lowest BCUT2D eigenvalue weighted by Crippen LogP contribution is -2.51. The zero-order chi connectivity index (χ0) is 13.5. The lowest BCUT2D eigenvalue weighted by atomic mass is 10.0. The number of methoxy groups -OCH3 is 1. The summed E-state index contributed by atoms with van der Waals surface area (Å²) in [7, 11) is 1.68. The first-order chi connectivity index (χ1) is 8.60. The predicted octanol–water partition coefficient (Wildman–Crippen LogP) is 2.59. The van der Waals surface area contributed by atoms with Gasteiger partial charge in [0, 0.05) is 32.8 Å². The van der Waals surface area contributed by atoms with Crippen LogP contribution in [0, 0.1) is 5.92 Å². The Morgan fingerprint density at radius 3 is 2.83 bits per heavy atom. The van der Waals surface area contributed by atoms with Gasteiger partial charge in [0.05, 0.1) is 6.61 Å². The van der Waals surface area contributed by atoms with E-state index in [1.165, 1.54) is 6.42 Å². The average molecular weight is 256 g/mol. The minimum atomic E-state index is 0.188. The predicted molar refractivity (Wildman–Crippen MR) is 73.7 cm³/mol. The summed E-state index contributed by atoms with van der Waals surface area (Å²) in [6, 6.07) is 0.470. The number of amides is 2. The second-order valence-corrected chi connectivity index (χ2v) is 5.42. The fraction of sp³-hybridized carbons (Fsp3) is 0.929. The second kappa shape index (κ2) is 7.62. The van der Waals surface area contributed by atoms with Gasteiger partial charge in [-0.1, -0.05) is 13.8 Å². The molecular formula is C14H28N2O2. The number of hydrogen-bond donors (Lipinski definition) is 0. The van der Waals surface area contributed by atoms with Crippen molar-refractivity contribution >= 4 is 6.03 Å². The Morgan fingerprint density at radius 1 is 1.56 bits per heavy atom. The smallest absolute Gasteiger partial charge is 0.320 e. The zero-order valence-corrected chi connectivity index (χ0v) is 12.3. The SMILES string of the molecule is CCC(C)N(CCOC)C(=O)N1CCCC(C)C1. The summed E-state index contributed by atoms with van der Waals surface area (Å²) in [5.41, 5.74) is 0. The van der Waals surface area contributed by atoms with Gasteiger partial charge in [-0.2, -0.15) is 0 Å². The molecule has 4 heteroatoms. The first-order valence-corrected chi connectivity index (χ1v) is 7.14. The van der Waals surface area contributed by atoms with Crippen LogP contribution in [0.15, 0.2) is 0 Å². The van der Waals surface area contributed by atoms with Gasteiger partial charge in [-0.3, -0.25) is 0 Å². The summed E-state index contributed by atoms with van der Waals surface area (Å²) in [5, 5.41) is 0. The van der Waals surface area contributed by atoms with E-state index in [2.05, 4.69) is 20.8 Å². The first kappa shape index (κ1) is 15.3. The lowest BCUT2D eigenvalue weighted by Gasteiger charge is -2.37. The molecule has 2 atom stereocenters. The van der Waals surface area contributed by atoms with Crippen LogP contribution >= 0.6 is 0 Å². The van der Waals surface area contributed by atoms with Crippen molar-refractivity contribution in [3.05, 3.63) is 0 Å². The van der Waals surface area contributed by atoms with Crippen molar-refractivity contribution in [1.29, 1.82) is 0 Å². The van der Waals surface area contributed by atoms with Crippen LogP contribution in [0.1, 0.15) is 40.0 Å². The van der Waals surface area contributed by atoms with E-state index in [4.69, 9.17) is 4.74 Å². The largest absolute Gasteiger partial charge is 0.383 e. The standard InChI is InChI=1S/C14H28N2O2/c1-5-13(3)16(9-10-18-4)14(17)15-8-6-7-12(2)11-15/h12-13H,5-11H2,1-4H3. The van der Waals surface area contributed by atoms with Gasteiger partial charge in [-0.05, 0) is 32.1 Å². The number of piperidine rings is 1. The van der Waals surface area contributed by atoms with E-state index < -0.39 is 0 Å². The number of carbonyl (C=O) groups is 1. The maximum atomic E-state index is 12.5. The van der Waals surface area contributed by atoms with Crippen LogP contribution in [0.25, 0.3) is 0 Å². The molecular weight excluding hydrogens is 228 g/mol. The third-order valence-corrected chi connectivity index (χ3v) is 3.83. The average Bonchev–Trinajstić information content (AvgIpc) is 2.38. The highest BCUT2D eigenvalue weighted by atomic mass is 16.5. The number of rotatable bonds is 5. The molecule has 1 fully saturated rings. The summed E-state index contributed by atoms with van der Waals surface area (Å²) in [6.45, 7) is 9.57. The quantitative estimate of drug-likeness (QED) is 0.757. The van der Waals surface area contributed by atoms with Gasteiger partial charge in [0.15, 0.2) is 0 Å². The molecule has 18 heavy (non-hydrogen) atoms. The lowest BCUT2D eigenvalue weighted by molar-refractivity contribution is 0.0957. The van der Waals surface area contributed by atoms with E-state index in [-0.39, 0.29) is 12.1 Å². The third-order valence-electron chi connectivity index (χ3n) is 3.83. The molecule has 1 aliphatic rings. The molecule has 1 saturated heterocycles. The summed E-state index contributed by atoms with van der Waals surface area (Å²) in [6.07, 6.45) is 3.36. The minimum Gasteiger partial charge on any atom is -0.383 e. The van der Waals surface area contributed by atoms with Gasteiger partial charge >= 0.3 is 6.03 Å². The molecule has 0 spiro atoms. The number of ether oxygens (including phenoxy) is 1. The Morgan fingerprint density at radius 2 is 2.28 bits per heavy atom. The van der Waals surface area contributed by atoms with Crippen LogP contribution in [0.4, 0.5) is 4.79 Å². The van der Waals surface area contributed by atoms with E-state index in [9.17, 15) is 4.79 Å². The minimum absolute atomic E-state index is 0.188. The molecule has 106 valence electrons. The molecule has 0 radical (unpaired) electrons. The molecule has 2 amide bonds. The van der Waals surface area contributed by atoms with E-state index >= 15 is 0 Å². The van der Waals surface area contributed by atoms with Gasteiger partial charge in [-0.25, -0.2) is 4.79 Å². The monoisotopic (exact) mass is 256 g/mol. The molecule has 1 heterocycles. The Hall–Kier alpha value is -0.770. The van der Waals surface area contributed by atoms with Crippen molar-refractivity contribution in [2.45, 2.75) is 46.1 Å². The second-order valence-electron chi connectivity index (χ2n) is 5.42. The number of nitrogens with zero attached hydrogens (tertiary/aromatic N) is 2. The molecule has 0 aromatic rings. The molecule has 2 unspecified atom stereocenters. The highest BCUT2D eigenvalue weighted by Crippen LogP contribution is 2.18. The van der Waals surface area contributed by atoms with E-state index in [0.29, 0.717) is 19.1 Å². The van der Waals surface area contributed by atoms with Crippen LogP contribution in [-0.2, 0) is 4.74 Å². The molecule has 0 bridgehead atoms.